The van der Waals surface area contributed by atoms with Gasteiger partial charge in [0.25, 0.3) is 0 Å². The average molecular weight is 290 g/mol. The number of nitrogens with zero attached hydrogens (tertiary/aromatic N) is 2. The molecule has 0 saturated carbocycles. The maximum Gasteiger partial charge on any atom is 0.412 e. The van der Waals surface area contributed by atoms with E-state index in [2.05, 4.69) is 11.9 Å². The van der Waals surface area contributed by atoms with Gasteiger partial charge in [0.05, 0.1) is 12.2 Å². The second-order valence-corrected chi connectivity index (χ2v) is 6.86. The Bertz CT molecular complexity index is 605. The maximum atomic E-state index is 12.2. The summed E-state index contributed by atoms with van der Waals surface area (Å²) in [6.45, 7) is 7.89. The van der Waals surface area contributed by atoms with E-state index in [0.29, 0.717) is 12.2 Å². The molecule has 2 aliphatic rings. The summed E-state index contributed by atoms with van der Waals surface area (Å²) in [7, 11) is 0. The number of aliphatic hydroxyl groups excluding tert-OH is 1. The molecular weight excluding hydrogens is 268 g/mol. The number of carbonyl (C=O) groups is 1. The van der Waals surface area contributed by atoms with Crippen molar-refractivity contribution in [1.82, 2.24) is 9.88 Å². The molecule has 1 aliphatic heterocycles. The van der Waals surface area contributed by atoms with Gasteiger partial charge in [-0.15, -0.1) is 0 Å². The molecule has 0 aromatic carbocycles. The Balaban J connectivity index is 1.91. The SMILES string of the molecule is Cc1c2c(nc3c1CN(C(=O)OC(C)(C)C)C3O)CCC2. The first-order valence-corrected chi connectivity index (χ1v) is 7.47. The van der Waals surface area contributed by atoms with Crippen LogP contribution in [-0.4, -0.2) is 26.7 Å². The van der Waals surface area contributed by atoms with Gasteiger partial charge in [0.1, 0.15) is 5.60 Å². The van der Waals surface area contributed by atoms with E-state index in [9.17, 15) is 9.90 Å². The maximum absolute atomic E-state index is 12.2. The topological polar surface area (TPSA) is 62.7 Å². The van der Waals surface area contributed by atoms with E-state index in [4.69, 9.17) is 4.74 Å². The third-order valence-corrected chi connectivity index (χ3v) is 4.15. The first kappa shape index (κ1) is 14.3. The Morgan fingerprint density at radius 1 is 1.33 bits per heavy atom. The predicted octanol–water partition coefficient (Wildman–Crippen LogP) is 2.62. The third-order valence-electron chi connectivity index (χ3n) is 4.15. The molecule has 1 N–H and O–H groups in total. The monoisotopic (exact) mass is 290 g/mol. The van der Waals surface area contributed by atoms with Gasteiger partial charge in [-0.05, 0) is 58.1 Å². The molecule has 5 heteroatoms. The highest BCUT2D eigenvalue weighted by atomic mass is 16.6. The third kappa shape index (κ3) is 2.39. The summed E-state index contributed by atoms with van der Waals surface area (Å²) in [5.41, 5.74) is 4.59. The van der Waals surface area contributed by atoms with Gasteiger partial charge >= 0.3 is 6.09 Å². The molecule has 1 aliphatic carbocycles. The predicted molar refractivity (Wildman–Crippen MR) is 77.7 cm³/mol. The molecule has 1 aromatic heterocycles. The number of fused-ring (bicyclic) bond motifs is 2. The molecule has 0 fully saturated rings. The molecule has 1 aromatic rings. The van der Waals surface area contributed by atoms with Crippen LogP contribution in [0.4, 0.5) is 4.79 Å². The lowest BCUT2D eigenvalue weighted by atomic mass is 10.0. The summed E-state index contributed by atoms with van der Waals surface area (Å²) in [6, 6.07) is 0. The largest absolute Gasteiger partial charge is 0.444 e. The Hall–Kier alpha value is -1.62. The number of aromatic nitrogens is 1. The average Bonchev–Trinajstić information content (AvgIpc) is 2.94. The molecule has 0 bridgehead atoms. The van der Waals surface area contributed by atoms with Crippen molar-refractivity contribution < 1.29 is 14.6 Å². The zero-order chi connectivity index (χ0) is 15.4. The first-order chi connectivity index (χ1) is 9.78. The number of aryl methyl sites for hydroxylation is 1. The van der Waals surface area contributed by atoms with E-state index >= 15 is 0 Å². The van der Waals surface area contributed by atoms with Gasteiger partial charge in [-0.3, -0.25) is 9.88 Å². The normalized spacial score (nSPS) is 20.4. The van der Waals surface area contributed by atoms with E-state index in [0.717, 1.165) is 30.5 Å². The fraction of sp³-hybridized carbons (Fsp3) is 0.625. The summed E-state index contributed by atoms with van der Waals surface area (Å²) in [5, 5.41) is 10.4. The lowest BCUT2D eigenvalue weighted by Gasteiger charge is -2.26. The molecule has 5 nitrogen and oxygen atoms in total. The number of ether oxygens (including phenoxy) is 1. The van der Waals surface area contributed by atoms with Crippen LogP contribution in [0.1, 0.15) is 61.5 Å². The minimum atomic E-state index is -1.00. The zero-order valence-electron chi connectivity index (χ0n) is 13.1. The lowest BCUT2D eigenvalue weighted by Crippen LogP contribution is -2.35. The van der Waals surface area contributed by atoms with Crippen molar-refractivity contribution >= 4 is 6.09 Å². The van der Waals surface area contributed by atoms with Crippen LogP contribution in [-0.2, 0) is 24.1 Å². The van der Waals surface area contributed by atoms with Crippen molar-refractivity contribution in [3.8, 4) is 0 Å². The Labute approximate surface area is 124 Å². The Morgan fingerprint density at radius 3 is 2.71 bits per heavy atom. The van der Waals surface area contributed by atoms with E-state index in [1.54, 1.807) is 0 Å². The molecule has 0 radical (unpaired) electrons. The van der Waals surface area contributed by atoms with Crippen LogP contribution >= 0.6 is 0 Å². The second kappa shape index (κ2) is 4.70. The molecule has 0 saturated heterocycles. The Kier molecular flexibility index (Phi) is 3.20. The van der Waals surface area contributed by atoms with E-state index in [1.807, 2.05) is 20.8 Å². The molecule has 21 heavy (non-hydrogen) atoms. The van der Waals surface area contributed by atoms with Crippen LogP contribution in [0.2, 0.25) is 0 Å². The van der Waals surface area contributed by atoms with Crippen LogP contribution in [0.5, 0.6) is 0 Å². The standard InChI is InChI=1S/C16H22N2O3/c1-9-10-6-5-7-12(10)17-13-11(9)8-18(14(13)19)15(20)21-16(2,3)4/h14,19H,5-8H2,1-4H3. The minimum absolute atomic E-state index is 0.373. The quantitative estimate of drug-likeness (QED) is 0.798. The number of hydrogen-bond acceptors (Lipinski definition) is 4. The van der Waals surface area contributed by atoms with Crippen LogP contribution < -0.4 is 0 Å². The van der Waals surface area contributed by atoms with Crippen molar-refractivity contribution in [2.45, 2.75) is 65.3 Å². The van der Waals surface area contributed by atoms with Crippen molar-refractivity contribution in [2.24, 2.45) is 0 Å². The number of amides is 1. The summed E-state index contributed by atoms with van der Waals surface area (Å²) >= 11 is 0. The number of hydrogen-bond donors (Lipinski definition) is 1. The first-order valence-electron chi connectivity index (χ1n) is 7.47. The molecule has 3 rings (SSSR count). The van der Waals surface area contributed by atoms with Crippen LogP contribution in [0.3, 0.4) is 0 Å². The number of carbonyl (C=O) groups excluding carboxylic acids is 1. The fourth-order valence-corrected chi connectivity index (χ4v) is 3.14. The van der Waals surface area contributed by atoms with Crippen molar-refractivity contribution in [2.75, 3.05) is 0 Å². The zero-order valence-corrected chi connectivity index (χ0v) is 13.1. The number of pyridine rings is 1. The molecule has 1 amide bonds. The molecule has 1 atom stereocenters. The van der Waals surface area contributed by atoms with E-state index < -0.39 is 17.9 Å². The molecule has 1 unspecified atom stereocenters. The highest BCUT2D eigenvalue weighted by Gasteiger charge is 2.38. The van der Waals surface area contributed by atoms with Gasteiger partial charge in [0.15, 0.2) is 6.23 Å². The van der Waals surface area contributed by atoms with Crippen LogP contribution in [0, 0.1) is 6.92 Å². The van der Waals surface area contributed by atoms with Crippen molar-refractivity contribution in [3.05, 3.63) is 28.1 Å². The van der Waals surface area contributed by atoms with Gasteiger partial charge < -0.3 is 9.84 Å². The van der Waals surface area contributed by atoms with Crippen molar-refractivity contribution in [3.63, 3.8) is 0 Å². The number of rotatable bonds is 0. The van der Waals surface area contributed by atoms with Crippen molar-refractivity contribution in [1.29, 1.82) is 0 Å². The van der Waals surface area contributed by atoms with E-state index in [1.165, 1.54) is 16.0 Å². The highest BCUT2D eigenvalue weighted by Crippen LogP contribution is 2.37. The molecule has 0 spiro atoms. The van der Waals surface area contributed by atoms with Gasteiger partial charge in [-0.1, -0.05) is 0 Å². The van der Waals surface area contributed by atoms with Gasteiger partial charge in [0, 0.05) is 11.3 Å². The highest BCUT2D eigenvalue weighted by molar-refractivity contribution is 5.70. The van der Waals surface area contributed by atoms with Gasteiger partial charge in [-0.25, -0.2) is 4.79 Å². The smallest absolute Gasteiger partial charge is 0.412 e. The van der Waals surface area contributed by atoms with Crippen LogP contribution in [0.15, 0.2) is 0 Å². The van der Waals surface area contributed by atoms with Crippen LogP contribution in [0.25, 0.3) is 0 Å². The Morgan fingerprint density at radius 2 is 2.05 bits per heavy atom. The summed E-state index contributed by atoms with van der Waals surface area (Å²) in [4.78, 5) is 18.2. The summed E-state index contributed by atoms with van der Waals surface area (Å²) in [6.07, 6.45) is 1.64. The lowest BCUT2D eigenvalue weighted by molar-refractivity contribution is -0.0269. The number of aliphatic hydroxyl groups is 1. The van der Waals surface area contributed by atoms with Gasteiger partial charge in [-0.2, -0.15) is 0 Å². The second-order valence-electron chi connectivity index (χ2n) is 6.86. The minimum Gasteiger partial charge on any atom is -0.444 e. The fourth-order valence-electron chi connectivity index (χ4n) is 3.14. The molecular formula is C16H22N2O3. The molecule has 2 heterocycles. The summed E-state index contributed by atoms with van der Waals surface area (Å²) < 4.78 is 5.36. The van der Waals surface area contributed by atoms with Gasteiger partial charge in [0.2, 0.25) is 0 Å². The van der Waals surface area contributed by atoms with E-state index in [-0.39, 0.29) is 0 Å². The molecule has 114 valence electrons. The summed E-state index contributed by atoms with van der Waals surface area (Å²) in [5.74, 6) is 0.